The largest absolute Gasteiger partial charge is 0.478 e. The molecule has 156 valence electrons. The summed E-state index contributed by atoms with van der Waals surface area (Å²) in [5.41, 5.74) is 5.55. The summed E-state index contributed by atoms with van der Waals surface area (Å²) in [6.45, 7) is 9.29. The van der Waals surface area contributed by atoms with Gasteiger partial charge in [0, 0.05) is 5.92 Å². The van der Waals surface area contributed by atoms with Crippen molar-refractivity contribution >= 4 is 16.7 Å². The molecule has 3 aromatic carbocycles. The van der Waals surface area contributed by atoms with Crippen molar-refractivity contribution in [1.29, 1.82) is 0 Å². The molecule has 0 heterocycles. The van der Waals surface area contributed by atoms with Crippen molar-refractivity contribution in [2.24, 2.45) is 0 Å². The molecular formula is C27H30O3. The molecule has 0 fully saturated rings. The maximum Gasteiger partial charge on any atom is 0.335 e. The fraction of sp³-hybridized carbons (Fsp3) is 0.370. The summed E-state index contributed by atoms with van der Waals surface area (Å²) in [6.07, 6.45) is 2.33. The van der Waals surface area contributed by atoms with Crippen LogP contribution in [0.3, 0.4) is 0 Å². The number of hydrogen-bond donors (Lipinski definition) is 2. The molecule has 2 N–H and O–H groups in total. The molecule has 0 spiro atoms. The predicted octanol–water partition coefficient (Wildman–Crippen LogP) is 6.01. The maximum absolute atomic E-state index is 11.2. The summed E-state index contributed by atoms with van der Waals surface area (Å²) in [4.78, 5) is 11.2. The van der Waals surface area contributed by atoms with E-state index in [1.807, 2.05) is 18.2 Å². The Labute approximate surface area is 178 Å². The van der Waals surface area contributed by atoms with E-state index < -0.39 is 5.97 Å². The fourth-order valence-electron chi connectivity index (χ4n) is 4.84. The Morgan fingerprint density at radius 3 is 2.07 bits per heavy atom. The number of rotatable bonds is 4. The third-order valence-electron chi connectivity index (χ3n) is 6.98. The summed E-state index contributed by atoms with van der Waals surface area (Å²) >= 11 is 0. The van der Waals surface area contributed by atoms with Crippen molar-refractivity contribution in [3.63, 3.8) is 0 Å². The minimum atomic E-state index is -0.922. The zero-order valence-electron chi connectivity index (χ0n) is 18.2. The maximum atomic E-state index is 11.2. The first-order chi connectivity index (χ1) is 14.1. The standard InChI is InChI=1S/C27H30O3/c1-26(2)11-12-27(3,4)24-15-20(9-10-23(24)26)22(16-28)19-7-5-18-14-21(25(29)30)8-6-17(18)13-19/h5-10,13-15,22,28H,11-12,16H2,1-4H3,(H,29,30). The number of carbonyl (C=O) groups is 1. The second kappa shape index (κ2) is 7.24. The van der Waals surface area contributed by atoms with Crippen LogP contribution in [0.25, 0.3) is 10.8 Å². The van der Waals surface area contributed by atoms with Gasteiger partial charge in [-0.05, 0) is 68.8 Å². The van der Waals surface area contributed by atoms with Crippen LogP contribution >= 0.6 is 0 Å². The molecule has 3 nitrogen and oxygen atoms in total. The lowest BCUT2D eigenvalue weighted by Crippen LogP contribution is -2.34. The van der Waals surface area contributed by atoms with Crippen molar-refractivity contribution in [3.05, 3.63) is 82.4 Å². The first-order valence-electron chi connectivity index (χ1n) is 10.7. The summed E-state index contributed by atoms with van der Waals surface area (Å²) < 4.78 is 0. The van der Waals surface area contributed by atoms with E-state index in [2.05, 4.69) is 52.0 Å². The van der Waals surface area contributed by atoms with Gasteiger partial charge in [0.2, 0.25) is 0 Å². The number of fused-ring (bicyclic) bond motifs is 2. The summed E-state index contributed by atoms with van der Waals surface area (Å²) in [5, 5.41) is 21.4. The normalized spacial score (nSPS) is 18.0. The lowest BCUT2D eigenvalue weighted by molar-refractivity contribution is 0.0697. The topological polar surface area (TPSA) is 57.5 Å². The second-order valence-electron chi connectivity index (χ2n) is 9.93. The fourth-order valence-corrected chi connectivity index (χ4v) is 4.84. The lowest BCUT2D eigenvalue weighted by atomic mass is 9.62. The highest BCUT2D eigenvalue weighted by molar-refractivity contribution is 5.94. The van der Waals surface area contributed by atoms with Gasteiger partial charge in [0.05, 0.1) is 12.2 Å². The molecule has 0 saturated carbocycles. The Hall–Kier alpha value is -2.65. The Morgan fingerprint density at radius 1 is 0.833 bits per heavy atom. The third kappa shape index (κ3) is 3.52. The smallest absolute Gasteiger partial charge is 0.335 e. The number of aliphatic hydroxyl groups is 1. The molecule has 30 heavy (non-hydrogen) atoms. The molecule has 3 heteroatoms. The molecule has 0 saturated heterocycles. The van der Waals surface area contributed by atoms with E-state index in [4.69, 9.17) is 0 Å². The van der Waals surface area contributed by atoms with Crippen LogP contribution in [0.4, 0.5) is 0 Å². The molecular weight excluding hydrogens is 372 g/mol. The van der Waals surface area contributed by atoms with E-state index in [0.29, 0.717) is 0 Å². The van der Waals surface area contributed by atoms with Crippen LogP contribution in [0.2, 0.25) is 0 Å². The number of benzene rings is 3. The number of aliphatic hydroxyl groups excluding tert-OH is 1. The molecule has 1 atom stereocenters. The summed E-state index contributed by atoms with van der Waals surface area (Å²) in [7, 11) is 0. The molecule has 0 radical (unpaired) electrons. The van der Waals surface area contributed by atoms with Gasteiger partial charge in [-0.25, -0.2) is 4.79 Å². The summed E-state index contributed by atoms with van der Waals surface area (Å²) in [6, 6.07) is 17.9. The van der Waals surface area contributed by atoms with Gasteiger partial charge in [-0.1, -0.05) is 70.2 Å². The van der Waals surface area contributed by atoms with Gasteiger partial charge in [-0.3, -0.25) is 0 Å². The molecule has 0 aromatic heterocycles. The van der Waals surface area contributed by atoms with Crippen LogP contribution in [-0.2, 0) is 10.8 Å². The number of aromatic carboxylic acids is 1. The number of carboxylic acid groups (broad SMARTS) is 1. The first kappa shape index (κ1) is 20.6. The molecule has 1 aliphatic rings. The van der Waals surface area contributed by atoms with Crippen LogP contribution in [-0.4, -0.2) is 22.8 Å². The summed E-state index contributed by atoms with van der Waals surface area (Å²) in [5.74, 6) is -1.03. The van der Waals surface area contributed by atoms with Crippen molar-refractivity contribution in [3.8, 4) is 0 Å². The van der Waals surface area contributed by atoms with Crippen LogP contribution in [0.1, 0.15) is 79.1 Å². The minimum Gasteiger partial charge on any atom is -0.478 e. The lowest BCUT2D eigenvalue weighted by Gasteiger charge is -2.42. The van der Waals surface area contributed by atoms with Crippen LogP contribution in [0, 0.1) is 0 Å². The van der Waals surface area contributed by atoms with E-state index in [1.54, 1.807) is 12.1 Å². The SMILES string of the molecule is CC1(C)CCC(C)(C)c2cc(C(CO)c3ccc4cc(C(=O)O)ccc4c3)ccc21. The van der Waals surface area contributed by atoms with Crippen molar-refractivity contribution < 1.29 is 15.0 Å². The molecule has 0 amide bonds. The van der Waals surface area contributed by atoms with Crippen LogP contribution in [0.15, 0.2) is 54.6 Å². The van der Waals surface area contributed by atoms with E-state index in [9.17, 15) is 15.0 Å². The molecule has 3 aromatic rings. The minimum absolute atomic E-state index is 0.0291. The monoisotopic (exact) mass is 402 g/mol. The van der Waals surface area contributed by atoms with E-state index in [-0.39, 0.29) is 28.9 Å². The molecule has 0 bridgehead atoms. The third-order valence-corrected chi connectivity index (χ3v) is 6.98. The number of hydrogen-bond acceptors (Lipinski definition) is 2. The molecule has 4 rings (SSSR count). The number of carboxylic acids is 1. The van der Waals surface area contributed by atoms with Crippen LogP contribution < -0.4 is 0 Å². The Kier molecular flexibility index (Phi) is 4.98. The van der Waals surface area contributed by atoms with Gasteiger partial charge in [0.1, 0.15) is 0 Å². The molecule has 1 aliphatic carbocycles. The second-order valence-corrected chi connectivity index (χ2v) is 9.93. The highest BCUT2D eigenvalue weighted by atomic mass is 16.4. The van der Waals surface area contributed by atoms with E-state index in [1.165, 1.54) is 17.5 Å². The van der Waals surface area contributed by atoms with E-state index in [0.717, 1.165) is 28.3 Å². The molecule has 1 unspecified atom stereocenters. The predicted molar refractivity (Wildman–Crippen MR) is 122 cm³/mol. The van der Waals surface area contributed by atoms with Gasteiger partial charge in [0.25, 0.3) is 0 Å². The van der Waals surface area contributed by atoms with Gasteiger partial charge in [-0.15, -0.1) is 0 Å². The van der Waals surface area contributed by atoms with Gasteiger partial charge in [-0.2, -0.15) is 0 Å². The zero-order chi connectivity index (χ0) is 21.7. The van der Waals surface area contributed by atoms with Crippen molar-refractivity contribution in [2.45, 2.75) is 57.3 Å². The van der Waals surface area contributed by atoms with Gasteiger partial charge >= 0.3 is 5.97 Å². The Bertz CT molecular complexity index is 1120. The van der Waals surface area contributed by atoms with E-state index >= 15 is 0 Å². The quantitative estimate of drug-likeness (QED) is 0.562. The molecule has 0 aliphatic heterocycles. The van der Waals surface area contributed by atoms with Crippen molar-refractivity contribution in [2.75, 3.05) is 6.61 Å². The van der Waals surface area contributed by atoms with Gasteiger partial charge < -0.3 is 10.2 Å². The Balaban J connectivity index is 1.78. The first-order valence-corrected chi connectivity index (χ1v) is 10.7. The highest BCUT2D eigenvalue weighted by Gasteiger charge is 2.37. The van der Waals surface area contributed by atoms with Crippen molar-refractivity contribution in [1.82, 2.24) is 0 Å². The highest BCUT2D eigenvalue weighted by Crippen LogP contribution is 2.46. The Morgan fingerprint density at radius 2 is 1.40 bits per heavy atom. The van der Waals surface area contributed by atoms with Crippen LogP contribution in [0.5, 0.6) is 0 Å². The zero-order valence-corrected chi connectivity index (χ0v) is 18.2. The average Bonchev–Trinajstić information content (AvgIpc) is 2.71. The van der Waals surface area contributed by atoms with Gasteiger partial charge in [0.15, 0.2) is 0 Å². The average molecular weight is 403 g/mol.